The zero-order valence-corrected chi connectivity index (χ0v) is 19.2. The van der Waals surface area contributed by atoms with Crippen LogP contribution in [0.1, 0.15) is 23.2 Å². The van der Waals surface area contributed by atoms with Crippen LogP contribution in [0.5, 0.6) is 0 Å². The Labute approximate surface area is 194 Å². The molecule has 0 radical (unpaired) electrons. The minimum Gasteiger partial charge on any atom is -0.366 e. The number of carbonyl (C=O) groups is 2. The van der Waals surface area contributed by atoms with Gasteiger partial charge in [-0.25, -0.2) is 8.42 Å². The molecule has 3 aromatic rings. The lowest BCUT2D eigenvalue weighted by atomic mass is 10.1. The van der Waals surface area contributed by atoms with E-state index in [1.54, 1.807) is 6.07 Å². The van der Waals surface area contributed by atoms with Gasteiger partial charge in [-0.2, -0.15) is 4.31 Å². The average Bonchev–Trinajstić information content (AvgIpc) is 3.43. The van der Waals surface area contributed by atoms with Gasteiger partial charge in [0.15, 0.2) is 0 Å². The minimum absolute atomic E-state index is 0.0712. The molecule has 32 heavy (non-hydrogen) atoms. The fourth-order valence-electron chi connectivity index (χ4n) is 3.64. The molecule has 7 nitrogen and oxygen atoms in total. The highest BCUT2D eigenvalue weighted by molar-refractivity contribution is 7.89. The summed E-state index contributed by atoms with van der Waals surface area (Å²) in [4.78, 5) is 25.9. The number of nitrogens with zero attached hydrogens (tertiary/aromatic N) is 1. The second-order valence-electron chi connectivity index (χ2n) is 7.30. The maximum Gasteiger partial charge on any atom is 0.251 e. The maximum atomic E-state index is 13.1. The van der Waals surface area contributed by atoms with Crippen molar-refractivity contribution in [1.29, 1.82) is 0 Å². The van der Waals surface area contributed by atoms with E-state index in [1.165, 1.54) is 39.9 Å². The second-order valence-corrected chi connectivity index (χ2v) is 10.7. The molecule has 1 aliphatic heterocycles. The van der Waals surface area contributed by atoms with Gasteiger partial charge in [-0.05, 0) is 48.7 Å². The van der Waals surface area contributed by atoms with Gasteiger partial charge in [0.2, 0.25) is 15.9 Å². The van der Waals surface area contributed by atoms with Crippen molar-refractivity contribution in [3.63, 3.8) is 0 Å². The number of carbonyl (C=O) groups excluding carboxylic acids is 2. The Morgan fingerprint density at radius 1 is 1.09 bits per heavy atom. The van der Waals surface area contributed by atoms with E-state index < -0.39 is 27.9 Å². The molecule has 0 spiro atoms. The summed E-state index contributed by atoms with van der Waals surface area (Å²) in [5.41, 5.74) is 6.59. The fraction of sp³-hybridized carbons (Fsp3) is 0.182. The molecule has 0 saturated carbocycles. The number of thiophene rings is 1. The molecule has 1 saturated heterocycles. The van der Waals surface area contributed by atoms with E-state index in [0.29, 0.717) is 22.9 Å². The van der Waals surface area contributed by atoms with Crippen LogP contribution in [0.2, 0.25) is 5.02 Å². The van der Waals surface area contributed by atoms with Crippen molar-refractivity contribution >= 4 is 49.8 Å². The first-order valence-corrected chi connectivity index (χ1v) is 12.5. The number of nitrogens with two attached hydrogens (primary N) is 1. The highest BCUT2D eigenvalue weighted by Gasteiger charge is 2.39. The first kappa shape index (κ1) is 22.5. The maximum absolute atomic E-state index is 13.1. The Bertz CT molecular complexity index is 1260. The summed E-state index contributed by atoms with van der Waals surface area (Å²) < 4.78 is 27.4. The number of halogens is 1. The Hall–Kier alpha value is -2.72. The molecule has 0 bridgehead atoms. The number of rotatable bonds is 6. The molecule has 1 fully saturated rings. The number of primary amides is 1. The normalized spacial score (nSPS) is 16.7. The van der Waals surface area contributed by atoms with Crippen LogP contribution in [0.4, 0.5) is 5.00 Å². The molecular formula is C22H20ClN3O4S2. The Balaban J connectivity index is 1.60. The molecule has 1 unspecified atom stereocenters. The first-order chi connectivity index (χ1) is 15.3. The summed E-state index contributed by atoms with van der Waals surface area (Å²) >= 11 is 7.09. The van der Waals surface area contributed by atoms with Crippen LogP contribution in [0, 0.1) is 0 Å². The molecular weight excluding hydrogens is 470 g/mol. The van der Waals surface area contributed by atoms with Gasteiger partial charge in [-0.3, -0.25) is 9.59 Å². The van der Waals surface area contributed by atoms with Gasteiger partial charge in [0.25, 0.3) is 5.91 Å². The van der Waals surface area contributed by atoms with Crippen molar-refractivity contribution in [2.45, 2.75) is 23.8 Å². The summed E-state index contributed by atoms with van der Waals surface area (Å²) in [6, 6.07) is 16.0. The smallest absolute Gasteiger partial charge is 0.251 e. The van der Waals surface area contributed by atoms with Crippen LogP contribution < -0.4 is 11.1 Å². The third-order valence-electron chi connectivity index (χ3n) is 5.22. The Kier molecular flexibility index (Phi) is 6.34. The lowest BCUT2D eigenvalue weighted by Gasteiger charge is -2.23. The second kappa shape index (κ2) is 9.03. The van der Waals surface area contributed by atoms with E-state index in [4.69, 9.17) is 17.3 Å². The van der Waals surface area contributed by atoms with Crippen LogP contribution in [0.15, 0.2) is 65.6 Å². The zero-order valence-electron chi connectivity index (χ0n) is 16.8. The topological polar surface area (TPSA) is 110 Å². The molecule has 3 N–H and O–H groups in total. The molecule has 2 aromatic carbocycles. The summed E-state index contributed by atoms with van der Waals surface area (Å²) in [5, 5.41) is 3.46. The minimum atomic E-state index is -3.88. The number of benzene rings is 2. The molecule has 2 amide bonds. The SMILES string of the molecule is NC(=O)c1cc(-c2ccccc2)sc1NC(=O)C1CCCN1S(=O)(=O)c1ccc(Cl)cc1. The van der Waals surface area contributed by atoms with E-state index in [9.17, 15) is 18.0 Å². The third kappa shape index (κ3) is 4.42. The van der Waals surface area contributed by atoms with Crippen LogP contribution >= 0.6 is 22.9 Å². The standard InChI is InChI=1S/C22H20ClN3O4S2/c23-15-8-10-16(11-9-15)32(29,30)26-12-4-7-18(26)21(28)25-22-17(20(24)27)13-19(31-22)14-5-2-1-3-6-14/h1-3,5-6,8-11,13,18H,4,7,12H2,(H2,24,27)(H,25,28). The fourth-order valence-corrected chi connectivity index (χ4v) is 6.49. The van der Waals surface area contributed by atoms with Gasteiger partial charge >= 0.3 is 0 Å². The van der Waals surface area contributed by atoms with Crippen LogP contribution in [-0.4, -0.2) is 37.1 Å². The largest absolute Gasteiger partial charge is 0.366 e. The molecule has 2 heterocycles. The lowest BCUT2D eigenvalue weighted by molar-refractivity contribution is -0.119. The number of anilines is 1. The molecule has 0 aliphatic carbocycles. The van der Waals surface area contributed by atoms with E-state index in [1.807, 2.05) is 30.3 Å². The van der Waals surface area contributed by atoms with Crippen molar-refractivity contribution in [1.82, 2.24) is 4.31 Å². The Morgan fingerprint density at radius 3 is 2.44 bits per heavy atom. The first-order valence-electron chi connectivity index (χ1n) is 9.84. The molecule has 10 heteroatoms. The van der Waals surface area contributed by atoms with Crippen LogP contribution in [-0.2, 0) is 14.8 Å². The van der Waals surface area contributed by atoms with Crippen molar-refractivity contribution in [2.75, 3.05) is 11.9 Å². The lowest BCUT2D eigenvalue weighted by Crippen LogP contribution is -2.43. The van der Waals surface area contributed by atoms with Gasteiger partial charge in [0.05, 0.1) is 10.5 Å². The number of sulfonamides is 1. The van der Waals surface area contributed by atoms with E-state index in [2.05, 4.69) is 5.32 Å². The van der Waals surface area contributed by atoms with Crippen LogP contribution in [0.3, 0.4) is 0 Å². The summed E-state index contributed by atoms with van der Waals surface area (Å²) in [5.74, 6) is -1.17. The molecule has 166 valence electrons. The van der Waals surface area contributed by atoms with Gasteiger partial charge in [0, 0.05) is 16.4 Å². The third-order valence-corrected chi connectivity index (χ3v) is 8.49. The summed E-state index contributed by atoms with van der Waals surface area (Å²) in [7, 11) is -3.88. The summed E-state index contributed by atoms with van der Waals surface area (Å²) in [6.07, 6.45) is 0.925. The van der Waals surface area contributed by atoms with Crippen molar-refractivity contribution < 1.29 is 18.0 Å². The van der Waals surface area contributed by atoms with E-state index >= 15 is 0 Å². The number of nitrogens with one attached hydrogen (secondary N) is 1. The molecule has 1 aliphatic rings. The van der Waals surface area contributed by atoms with Gasteiger partial charge in [-0.15, -0.1) is 11.3 Å². The van der Waals surface area contributed by atoms with Gasteiger partial charge in [0.1, 0.15) is 11.0 Å². The Morgan fingerprint density at radius 2 is 1.78 bits per heavy atom. The van der Waals surface area contributed by atoms with Crippen LogP contribution in [0.25, 0.3) is 10.4 Å². The average molecular weight is 490 g/mol. The molecule has 4 rings (SSSR count). The van der Waals surface area contributed by atoms with E-state index in [-0.39, 0.29) is 17.0 Å². The summed E-state index contributed by atoms with van der Waals surface area (Å²) in [6.45, 7) is 0.228. The molecule has 1 aromatic heterocycles. The highest BCUT2D eigenvalue weighted by atomic mass is 35.5. The molecule has 1 atom stereocenters. The zero-order chi connectivity index (χ0) is 22.9. The monoisotopic (exact) mass is 489 g/mol. The predicted molar refractivity (Wildman–Crippen MR) is 125 cm³/mol. The van der Waals surface area contributed by atoms with Gasteiger partial charge < -0.3 is 11.1 Å². The van der Waals surface area contributed by atoms with Crippen molar-refractivity contribution in [3.8, 4) is 10.4 Å². The quantitative estimate of drug-likeness (QED) is 0.546. The number of amides is 2. The van der Waals surface area contributed by atoms with Crippen molar-refractivity contribution in [2.24, 2.45) is 5.73 Å². The van der Waals surface area contributed by atoms with Crippen molar-refractivity contribution in [3.05, 3.63) is 71.2 Å². The van der Waals surface area contributed by atoms with Gasteiger partial charge in [-0.1, -0.05) is 41.9 Å². The number of hydrogen-bond donors (Lipinski definition) is 2. The highest BCUT2D eigenvalue weighted by Crippen LogP contribution is 2.36. The van der Waals surface area contributed by atoms with E-state index in [0.717, 1.165) is 10.4 Å². The predicted octanol–water partition coefficient (Wildman–Crippen LogP) is 3.96. The number of hydrogen-bond acceptors (Lipinski definition) is 5.